The first-order chi connectivity index (χ1) is 14.0. The van der Waals surface area contributed by atoms with Crippen LogP contribution < -0.4 is 5.43 Å². The zero-order chi connectivity index (χ0) is 20.8. The largest absolute Gasteiger partial charge is 0.305 e. The summed E-state index contributed by atoms with van der Waals surface area (Å²) < 4.78 is 1.69. The Hall–Kier alpha value is -3.53. The molecule has 0 saturated carbocycles. The molecule has 0 fully saturated rings. The molecule has 3 aromatic rings. The van der Waals surface area contributed by atoms with E-state index >= 15 is 0 Å². The van der Waals surface area contributed by atoms with E-state index in [4.69, 9.17) is 0 Å². The number of hydrogen-bond acceptors (Lipinski definition) is 7. The summed E-state index contributed by atoms with van der Waals surface area (Å²) in [5, 5.41) is 23.6. The lowest BCUT2D eigenvalue weighted by molar-refractivity contribution is -0.384. The van der Waals surface area contributed by atoms with Crippen molar-refractivity contribution in [3.8, 4) is 11.4 Å². The predicted octanol–water partition coefficient (Wildman–Crippen LogP) is 2.94. The Kier molecular flexibility index (Phi) is 6.35. The monoisotopic (exact) mass is 410 g/mol. The second kappa shape index (κ2) is 9.11. The summed E-state index contributed by atoms with van der Waals surface area (Å²) in [6.45, 7) is 1.96. The van der Waals surface area contributed by atoms with Gasteiger partial charge < -0.3 is 4.57 Å². The van der Waals surface area contributed by atoms with Gasteiger partial charge >= 0.3 is 0 Å². The fourth-order valence-electron chi connectivity index (χ4n) is 2.52. The zero-order valence-electron chi connectivity index (χ0n) is 15.8. The van der Waals surface area contributed by atoms with Crippen molar-refractivity contribution in [2.75, 3.05) is 5.75 Å². The molecule has 0 radical (unpaired) electrons. The smallest absolute Gasteiger partial charge is 0.270 e. The van der Waals surface area contributed by atoms with E-state index in [1.54, 1.807) is 30.0 Å². The van der Waals surface area contributed by atoms with Gasteiger partial charge in [0.1, 0.15) is 0 Å². The van der Waals surface area contributed by atoms with Gasteiger partial charge in [-0.25, -0.2) is 5.43 Å². The Morgan fingerprint density at radius 3 is 2.83 bits per heavy atom. The van der Waals surface area contributed by atoms with Crippen LogP contribution in [0.15, 0.2) is 58.8 Å². The minimum Gasteiger partial charge on any atom is -0.305 e. The van der Waals surface area contributed by atoms with Crippen molar-refractivity contribution in [2.45, 2.75) is 12.1 Å². The van der Waals surface area contributed by atoms with Crippen LogP contribution in [0.25, 0.3) is 11.4 Å². The molecule has 0 saturated heterocycles. The third-order valence-electron chi connectivity index (χ3n) is 4.06. The van der Waals surface area contributed by atoms with Crippen LogP contribution >= 0.6 is 11.8 Å². The molecule has 0 aliphatic rings. The van der Waals surface area contributed by atoms with E-state index in [1.807, 2.05) is 31.2 Å². The number of thioether (sulfide) groups is 1. The highest BCUT2D eigenvalue weighted by Crippen LogP contribution is 2.25. The van der Waals surface area contributed by atoms with Gasteiger partial charge in [0.05, 0.1) is 16.9 Å². The molecule has 9 nitrogen and oxygen atoms in total. The number of nitro benzene ring substituents is 1. The highest BCUT2D eigenvalue weighted by Gasteiger charge is 2.15. The summed E-state index contributed by atoms with van der Waals surface area (Å²) >= 11 is 1.20. The Labute approximate surface area is 171 Å². The fraction of sp³-hybridized carbons (Fsp3) is 0.158. The summed E-state index contributed by atoms with van der Waals surface area (Å²) in [6, 6.07) is 13.9. The van der Waals surface area contributed by atoms with Crippen LogP contribution in [-0.4, -0.2) is 37.6 Å². The van der Waals surface area contributed by atoms with Crippen LogP contribution in [-0.2, 0) is 11.8 Å². The summed E-state index contributed by atoms with van der Waals surface area (Å²) in [6.07, 6.45) is 1.60. The van der Waals surface area contributed by atoms with Gasteiger partial charge in [-0.2, -0.15) is 5.10 Å². The molecule has 0 bridgehead atoms. The second-order valence-electron chi connectivity index (χ2n) is 6.11. The number of non-ortho nitro benzene ring substituents is 1. The van der Waals surface area contributed by atoms with Gasteiger partial charge in [0.25, 0.3) is 11.6 Å². The number of amides is 1. The zero-order valence-corrected chi connectivity index (χ0v) is 16.6. The summed E-state index contributed by atoms with van der Waals surface area (Å²) in [5.74, 6) is 0.306. The average Bonchev–Trinajstić information content (AvgIpc) is 3.08. The lowest BCUT2D eigenvalue weighted by Gasteiger charge is -2.04. The number of nitrogens with zero attached hydrogens (tertiary/aromatic N) is 5. The molecule has 1 aromatic heterocycles. The van der Waals surface area contributed by atoms with Gasteiger partial charge in [0.15, 0.2) is 11.0 Å². The molecular weight excluding hydrogens is 392 g/mol. The van der Waals surface area contributed by atoms with Crippen LogP contribution in [0.3, 0.4) is 0 Å². The first-order valence-electron chi connectivity index (χ1n) is 8.60. The van der Waals surface area contributed by atoms with Crippen molar-refractivity contribution in [1.82, 2.24) is 20.2 Å². The Morgan fingerprint density at radius 1 is 1.28 bits per heavy atom. The molecule has 1 amide bonds. The standard InChI is InChI=1S/C19H18N6O3S/c1-13-6-3-4-7-15(13)11-20-21-17(26)12-29-19-23-22-18(24(19)2)14-8-5-9-16(10-14)25(27)28/h3-11H,12H2,1-2H3,(H,21,26)/b20-11+. The van der Waals surface area contributed by atoms with Gasteiger partial charge in [-0.15, -0.1) is 10.2 Å². The van der Waals surface area contributed by atoms with E-state index in [9.17, 15) is 14.9 Å². The topological polar surface area (TPSA) is 115 Å². The molecule has 0 aliphatic heterocycles. The minimum atomic E-state index is -0.461. The van der Waals surface area contributed by atoms with Gasteiger partial charge in [-0.1, -0.05) is 48.2 Å². The number of hydrazone groups is 1. The number of aryl methyl sites for hydroxylation is 1. The molecule has 0 aliphatic carbocycles. The molecular formula is C19H18N6O3S. The van der Waals surface area contributed by atoms with E-state index in [-0.39, 0.29) is 17.3 Å². The molecule has 3 rings (SSSR count). The maximum atomic E-state index is 12.0. The van der Waals surface area contributed by atoms with Crippen LogP contribution in [0.5, 0.6) is 0 Å². The molecule has 2 aromatic carbocycles. The van der Waals surface area contributed by atoms with E-state index < -0.39 is 4.92 Å². The number of nitrogens with one attached hydrogen (secondary N) is 1. The first kappa shape index (κ1) is 20.2. The molecule has 1 N–H and O–H groups in total. The third kappa shape index (κ3) is 5.05. The lowest BCUT2D eigenvalue weighted by atomic mass is 10.1. The van der Waals surface area contributed by atoms with Gasteiger partial charge in [0, 0.05) is 24.7 Å². The highest BCUT2D eigenvalue weighted by molar-refractivity contribution is 7.99. The lowest BCUT2D eigenvalue weighted by Crippen LogP contribution is -2.20. The van der Waals surface area contributed by atoms with Crippen LogP contribution in [0, 0.1) is 17.0 Å². The van der Waals surface area contributed by atoms with Crippen molar-refractivity contribution < 1.29 is 9.72 Å². The Balaban J connectivity index is 1.60. The number of hydrogen-bond donors (Lipinski definition) is 1. The maximum absolute atomic E-state index is 12.0. The number of aromatic nitrogens is 3. The molecule has 29 heavy (non-hydrogen) atoms. The molecule has 10 heteroatoms. The number of rotatable bonds is 7. The normalized spacial score (nSPS) is 11.0. The van der Waals surface area contributed by atoms with Crippen LogP contribution in [0.2, 0.25) is 0 Å². The van der Waals surface area contributed by atoms with Crippen molar-refractivity contribution >= 4 is 29.6 Å². The minimum absolute atomic E-state index is 0.0226. The third-order valence-corrected chi connectivity index (χ3v) is 5.08. The van der Waals surface area contributed by atoms with E-state index in [0.29, 0.717) is 16.5 Å². The van der Waals surface area contributed by atoms with E-state index in [1.165, 1.54) is 23.9 Å². The van der Waals surface area contributed by atoms with Crippen molar-refractivity contribution in [3.05, 3.63) is 69.8 Å². The quantitative estimate of drug-likeness (QED) is 0.277. The number of carbonyl (C=O) groups is 1. The number of nitro groups is 1. The van der Waals surface area contributed by atoms with Gasteiger partial charge in [-0.3, -0.25) is 14.9 Å². The second-order valence-corrected chi connectivity index (χ2v) is 7.05. The summed E-state index contributed by atoms with van der Waals surface area (Å²) in [4.78, 5) is 22.5. The first-order valence-corrected chi connectivity index (χ1v) is 9.59. The molecule has 1 heterocycles. The number of benzene rings is 2. The number of carbonyl (C=O) groups excluding carboxylic acids is 1. The summed E-state index contributed by atoms with van der Waals surface area (Å²) in [7, 11) is 1.74. The molecule has 0 atom stereocenters. The molecule has 0 unspecified atom stereocenters. The van der Waals surface area contributed by atoms with Crippen LogP contribution in [0.4, 0.5) is 5.69 Å². The highest BCUT2D eigenvalue weighted by atomic mass is 32.2. The van der Waals surface area contributed by atoms with Crippen molar-refractivity contribution in [3.63, 3.8) is 0 Å². The van der Waals surface area contributed by atoms with E-state index in [2.05, 4.69) is 20.7 Å². The van der Waals surface area contributed by atoms with Crippen molar-refractivity contribution in [2.24, 2.45) is 12.1 Å². The summed E-state index contributed by atoms with van der Waals surface area (Å²) in [5.41, 5.74) is 5.03. The fourth-order valence-corrected chi connectivity index (χ4v) is 3.22. The average molecular weight is 410 g/mol. The molecule has 148 valence electrons. The van der Waals surface area contributed by atoms with Gasteiger partial charge in [-0.05, 0) is 18.1 Å². The van der Waals surface area contributed by atoms with Crippen LogP contribution in [0.1, 0.15) is 11.1 Å². The molecule has 0 spiro atoms. The van der Waals surface area contributed by atoms with E-state index in [0.717, 1.165) is 11.1 Å². The van der Waals surface area contributed by atoms with Crippen molar-refractivity contribution in [1.29, 1.82) is 0 Å². The van der Waals surface area contributed by atoms with Gasteiger partial charge in [0.2, 0.25) is 0 Å². The predicted molar refractivity (Wildman–Crippen MR) is 111 cm³/mol. The Morgan fingerprint density at radius 2 is 2.07 bits per heavy atom. The SMILES string of the molecule is Cc1ccccc1/C=N/NC(=O)CSc1nnc(-c2cccc([N+](=O)[O-])c2)n1C. The Bertz CT molecular complexity index is 1080. The maximum Gasteiger partial charge on any atom is 0.270 e.